The van der Waals surface area contributed by atoms with Crippen LogP contribution in [0.2, 0.25) is 0 Å². The molecule has 1 fully saturated rings. The summed E-state index contributed by atoms with van der Waals surface area (Å²) >= 11 is 0. The zero-order chi connectivity index (χ0) is 14.1. The van der Waals surface area contributed by atoms with Gasteiger partial charge in [0, 0.05) is 24.5 Å². The summed E-state index contributed by atoms with van der Waals surface area (Å²) in [5, 5.41) is 0.911. The molecule has 1 aromatic carbocycles. The molecule has 0 aliphatic carbocycles. The molecule has 0 saturated carbocycles. The first-order chi connectivity index (χ1) is 9.70. The molecule has 2 aromatic rings. The quantitative estimate of drug-likeness (QED) is 0.780. The lowest BCUT2D eigenvalue weighted by molar-refractivity contribution is -0.145. The van der Waals surface area contributed by atoms with Crippen molar-refractivity contribution in [1.29, 1.82) is 0 Å². The number of nitrogens with zero attached hydrogens (tertiary/aromatic N) is 2. The fraction of sp³-hybridized carbons (Fsp3) is 0.267. The molecule has 1 aromatic heterocycles. The maximum Gasteiger partial charge on any atom is 0.311 e. The summed E-state index contributed by atoms with van der Waals surface area (Å²) in [6.07, 6.45) is 1.92. The van der Waals surface area contributed by atoms with E-state index in [0.29, 0.717) is 6.54 Å². The average Bonchev–Trinajstić information content (AvgIpc) is 2.87. The monoisotopic (exact) mass is 270 g/mol. The highest BCUT2D eigenvalue weighted by atomic mass is 16.5. The first-order valence-corrected chi connectivity index (χ1v) is 6.42. The second kappa shape index (κ2) is 4.92. The van der Waals surface area contributed by atoms with Crippen molar-refractivity contribution in [2.75, 3.05) is 18.6 Å². The van der Waals surface area contributed by atoms with Crippen molar-refractivity contribution in [3.05, 3.63) is 36.5 Å². The van der Waals surface area contributed by atoms with Crippen molar-refractivity contribution >= 4 is 28.5 Å². The number of esters is 1. The zero-order valence-electron chi connectivity index (χ0n) is 11.1. The molecule has 1 saturated heterocycles. The molecule has 1 unspecified atom stereocenters. The van der Waals surface area contributed by atoms with Gasteiger partial charge >= 0.3 is 5.97 Å². The summed E-state index contributed by atoms with van der Waals surface area (Å²) in [4.78, 5) is 29.7. The Morgan fingerprint density at radius 1 is 1.35 bits per heavy atom. The van der Waals surface area contributed by atoms with Crippen molar-refractivity contribution < 1.29 is 14.3 Å². The molecule has 3 rings (SSSR count). The Kier molecular flexibility index (Phi) is 3.10. The molecule has 1 aliphatic rings. The minimum absolute atomic E-state index is 0.0586. The molecule has 2 heterocycles. The number of benzene rings is 1. The Morgan fingerprint density at radius 3 is 3.00 bits per heavy atom. The van der Waals surface area contributed by atoms with Crippen LogP contribution in [0.3, 0.4) is 0 Å². The second-order valence-electron chi connectivity index (χ2n) is 4.78. The van der Waals surface area contributed by atoms with Gasteiger partial charge in [0.1, 0.15) is 0 Å². The van der Waals surface area contributed by atoms with Gasteiger partial charge in [-0.1, -0.05) is 6.07 Å². The Morgan fingerprint density at radius 2 is 2.20 bits per heavy atom. The molecule has 0 bridgehead atoms. The first kappa shape index (κ1) is 12.6. The first-order valence-electron chi connectivity index (χ1n) is 6.42. The summed E-state index contributed by atoms with van der Waals surface area (Å²) in [6, 6.07) is 9.41. The number of carbonyl (C=O) groups is 2. The van der Waals surface area contributed by atoms with Crippen molar-refractivity contribution in [3.63, 3.8) is 0 Å². The number of pyridine rings is 1. The van der Waals surface area contributed by atoms with Gasteiger partial charge < -0.3 is 9.64 Å². The summed E-state index contributed by atoms with van der Waals surface area (Å²) in [5.74, 6) is -0.782. The van der Waals surface area contributed by atoms with Crippen LogP contribution in [0.1, 0.15) is 6.42 Å². The van der Waals surface area contributed by atoms with E-state index in [1.165, 1.54) is 7.11 Å². The fourth-order valence-corrected chi connectivity index (χ4v) is 2.59. The van der Waals surface area contributed by atoms with E-state index in [1.807, 2.05) is 30.3 Å². The van der Waals surface area contributed by atoms with Crippen LogP contribution in [0.4, 0.5) is 5.69 Å². The third-order valence-electron chi connectivity index (χ3n) is 3.57. The van der Waals surface area contributed by atoms with Crippen molar-refractivity contribution in [2.24, 2.45) is 5.92 Å². The fourth-order valence-electron chi connectivity index (χ4n) is 2.59. The highest BCUT2D eigenvalue weighted by Crippen LogP contribution is 2.31. The average molecular weight is 270 g/mol. The minimum Gasteiger partial charge on any atom is -0.469 e. The molecule has 5 heteroatoms. The third-order valence-corrected chi connectivity index (χ3v) is 3.57. The van der Waals surface area contributed by atoms with E-state index in [9.17, 15) is 9.59 Å². The van der Waals surface area contributed by atoms with Crippen molar-refractivity contribution in [2.45, 2.75) is 6.42 Å². The van der Waals surface area contributed by atoms with Crippen LogP contribution < -0.4 is 4.90 Å². The van der Waals surface area contributed by atoms with Crippen LogP contribution in [0, 0.1) is 5.92 Å². The van der Waals surface area contributed by atoms with Crippen molar-refractivity contribution in [3.8, 4) is 0 Å². The minimum atomic E-state index is -0.389. The summed E-state index contributed by atoms with van der Waals surface area (Å²) in [7, 11) is 1.34. The number of hydrogen-bond acceptors (Lipinski definition) is 4. The van der Waals surface area contributed by atoms with Crippen LogP contribution in [0.15, 0.2) is 36.5 Å². The van der Waals surface area contributed by atoms with E-state index >= 15 is 0 Å². The lowest BCUT2D eigenvalue weighted by Crippen LogP contribution is -2.26. The number of carbonyl (C=O) groups excluding carboxylic acids is 2. The Balaban J connectivity index is 2.00. The molecule has 1 atom stereocenters. The molecule has 0 N–H and O–H groups in total. The molecule has 0 radical (unpaired) electrons. The number of anilines is 1. The van der Waals surface area contributed by atoms with Gasteiger partial charge in [-0.05, 0) is 24.3 Å². The Bertz CT molecular complexity index is 678. The number of amides is 1. The molecular weight excluding hydrogens is 256 g/mol. The molecular formula is C15H14N2O3. The predicted molar refractivity (Wildman–Crippen MR) is 74.2 cm³/mol. The molecule has 1 amide bonds. The second-order valence-corrected chi connectivity index (χ2v) is 4.78. The number of aromatic nitrogens is 1. The molecule has 5 nitrogen and oxygen atoms in total. The van der Waals surface area contributed by atoms with Crippen LogP contribution in [0.25, 0.3) is 10.9 Å². The normalized spacial score (nSPS) is 18.6. The van der Waals surface area contributed by atoms with E-state index in [-0.39, 0.29) is 24.2 Å². The maximum atomic E-state index is 12.1. The highest BCUT2D eigenvalue weighted by Gasteiger charge is 2.36. The number of methoxy groups -OCH3 is 1. The zero-order valence-corrected chi connectivity index (χ0v) is 11.1. The molecule has 102 valence electrons. The van der Waals surface area contributed by atoms with Gasteiger partial charge in [0.15, 0.2) is 0 Å². The Labute approximate surface area is 116 Å². The van der Waals surface area contributed by atoms with Crippen molar-refractivity contribution in [1.82, 2.24) is 4.98 Å². The van der Waals surface area contributed by atoms with Gasteiger partial charge in [0.2, 0.25) is 5.91 Å². The summed E-state index contributed by atoms with van der Waals surface area (Å²) in [5.41, 5.74) is 1.63. The number of ether oxygens (including phenoxy) is 1. The van der Waals surface area contributed by atoms with Crippen LogP contribution in [-0.2, 0) is 14.3 Å². The lowest BCUT2D eigenvalue weighted by Gasteiger charge is -2.18. The summed E-state index contributed by atoms with van der Waals surface area (Å²) < 4.78 is 4.72. The van der Waals surface area contributed by atoms with Crippen LogP contribution in [0.5, 0.6) is 0 Å². The largest absolute Gasteiger partial charge is 0.469 e. The standard InChI is InChI=1S/C15H14N2O3/c1-20-15(19)10-8-14(18)17(9-10)13-6-2-5-12-11(13)4-3-7-16-12/h2-7,10H,8-9H2,1H3. The number of hydrogen-bond donors (Lipinski definition) is 0. The Hall–Kier alpha value is -2.43. The maximum absolute atomic E-state index is 12.1. The highest BCUT2D eigenvalue weighted by molar-refractivity contribution is 6.05. The SMILES string of the molecule is COC(=O)C1CC(=O)N(c2cccc3ncccc23)C1. The van der Waals surface area contributed by atoms with Gasteiger partial charge in [-0.2, -0.15) is 0 Å². The smallest absolute Gasteiger partial charge is 0.311 e. The van der Waals surface area contributed by atoms with E-state index in [2.05, 4.69) is 4.98 Å². The van der Waals surface area contributed by atoms with Gasteiger partial charge in [0.25, 0.3) is 0 Å². The number of rotatable bonds is 2. The van der Waals surface area contributed by atoms with E-state index in [1.54, 1.807) is 11.1 Å². The van der Waals surface area contributed by atoms with E-state index in [4.69, 9.17) is 4.74 Å². The molecule has 20 heavy (non-hydrogen) atoms. The van der Waals surface area contributed by atoms with Gasteiger partial charge in [-0.25, -0.2) is 0 Å². The van der Waals surface area contributed by atoms with Gasteiger partial charge in [-0.15, -0.1) is 0 Å². The van der Waals surface area contributed by atoms with Gasteiger partial charge in [-0.3, -0.25) is 14.6 Å². The summed E-state index contributed by atoms with van der Waals surface area (Å²) in [6.45, 7) is 0.361. The van der Waals surface area contributed by atoms with E-state index < -0.39 is 0 Å². The third kappa shape index (κ3) is 2.01. The van der Waals surface area contributed by atoms with Gasteiger partial charge in [0.05, 0.1) is 24.2 Å². The predicted octanol–water partition coefficient (Wildman–Crippen LogP) is 1.76. The molecule has 0 spiro atoms. The molecule has 1 aliphatic heterocycles. The topological polar surface area (TPSA) is 59.5 Å². The van der Waals surface area contributed by atoms with E-state index in [0.717, 1.165) is 16.6 Å². The number of fused-ring (bicyclic) bond motifs is 1. The van der Waals surface area contributed by atoms with Crippen LogP contribution >= 0.6 is 0 Å². The lowest BCUT2D eigenvalue weighted by atomic mass is 10.1. The van der Waals surface area contributed by atoms with Crippen LogP contribution in [-0.4, -0.2) is 30.5 Å².